The Morgan fingerprint density at radius 3 is 2.73 bits per heavy atom. The predicted octanol–water partition coefficient (Wildman–Crippen LogP) is 1.83. The first-order chi connectivity index (χ1) is 7.13. The Balaban J connectivity index is 2.50. The van der Waals surface area contributed by atoms with E-state index in [9.17, 15) is 4.39 Å². The van der Waals surface area contributed by atoms with Crippen LogP contribution in [-0.2, 0) is 6.54 Å². The van der Waals surface area contributed by atoms with Crippen molar-refractivity contribution in [1.82, 2.24) is 10.6 Å². The van der Waals surface area contributed by atoms with Crippen LogP contribution in [-0.4, -0.2) is 19.6 Å². The molecule has 0 aliphatic rings. The average molecular weight is 210 g/mol. The molecule has 0 aromatic heterocycles. The molecule has 0 bridgehead atoms. The Labute approximate surface area is 90.9 Å². The Hall–Kier alpha value is -0.930. The molecule has 3 heteroatoms. The lowest BCUT2D eigenvalue weighted by Crippen LogP contribution is -2.34. The summed E-state index contributed by atoms with van der Waals surface area (Å²) in [5.41, 5.74) is 2.15. The molecule has 0 fully saturated rings. The van der Waals surface area contributed by atoms with Gasteiger partial charge in [-0.15, -0.1) is 0 Å². The van der Waals surface area contributed by atoms with Gasteiger partial charge in [0.05, 0.1) is 0 Å². The summed E-state index contributed by atoms with van der Waals surface area (Å²) in [5.74, 6) is -0.167. The second-order valence-electron chi connectivity index (χ2n) is 3.91. The summed E-state index contributed by atoms with van der Waals surface area (Å²) in [6.07, 6.45) is 0. The first-order valence-electron chi connectivity index (χ1n) is 5.26. The van der Waals surface area contributed by atoms with Crippen LogP contribution in [0.25, 0.3) is 0 Å². The van der Waals surface area contributed by atoms with Crippen LogP contribution in [0.3, 0.4) is 0 Å². The summed E-state index contributed by atoms with van der Waals surface area (Å²) >= 11 is 0. The zero-order valence-electron chi connectivity index (χ0n) is 9.60. The number of halogens is 1. The SMILES string of the molecule is CNCC(C)NCc1ccc(F)cc1C. The van der Waals surface area contributed by atoms with Gasteiger partial charge in [0.25, 0.3) is 0 Å². The van der Waals surface area contributed by atoms with E-state index < -0.39 is 0 Å². The maximum Gasteiger partial charge on any atom is 0.123 e. The lowest BCUT2D eigenvalue weighted by atomic mass is 10.1. The van der Waals surface area contributed by atoms with E-state index in [1.54, 1.807) is 6.07 Å². The molecule has 0 aliphatic carbocycles. The van der Waals surface area contributed by atoms with Crippen molar-refractivity contribution in [2.45, 2.75) is 26.4 Å². The molecule has 0 aliphatic heterocycles. The van der Waals surface area contributed by atoms with Crippen LogP contribution in [0.2, 0.25) is 0 Å². The second kappa shape index (κ2) is 5.83. The molecular formula is C12H19FN2. The largest absolute Gasteiger partial charge is 0.318 e. The van der Waals surface area contributed by atoms with E-state index in [2.05, 4.69) is 17.6 Å². The maximum atomic E-state index is 12.8. The summed E-state index contributed by atoms with van der Waals surface area (Å²) in [7, 11) is 1.93. The molecule has 0 saturated heterocycles. The van der Waals surface area contributed by atoms with Gasteiger partial charge in [0.2, 0.25) is 0 Å². The van der Waals surface area contributed by atoms with Crippen molar-refractivity contribution in [2.75, 3.05) is 13.6 Å². The summed E-state index contributed by atoms with van der Waals surface area (Å²) in [6.45, 7) is 5.77. The molecule has 2 nitrogen and oxygen atoms in total. The summed E-state index contributed by atoms with van der Waals surface area (Å²) in [6, 6.07) is 5.33. The van der Waals surface area contributed by atoms with Crippen molar-refractivity contribution in [3.8, 4) is 0 Å². The van der Waals surface area contributed by atoms with Gasteiger partial charge in [-0.1, -0.05) is 6.07 Å². The molecule has 1 aromatic carbocycles. The predicted molar refractivity (Wildman–Crippen MR) is 61.4 cm³/mol. The van der Waals surface area contributed by atoms with E-state index >= 15 is 0 Å². The first kappa shape index (κ1) is 12.1. The van der Waals surface area contributed by atoms with Crippen molar-refractivity contribution < 1.29 is 4.39 Å². The van der Waals surface area contributed by atoms with E-state index in [1.165, 1.54) is 6.07 Å². The third-order valence-electron chi connectivity index (χ3n) is 2.46. The fraction of sp³-hybridized carbons (Fsp3) is 0.500. The van der Waals surface area contributed by atoms with Crippen LogP contribution in [0.4, 0.5) is 4.39 Å². The average Bonchev–Trinajstić information content (AvgIpc) is 2.17. The summed E-state index contributed by atoms with van der Waals surface area (Å²) in [4.78, 5) is 0. The van der Waals surface area contributed by atoms with Gasteiger partial charge in [0, 0.05) is 19.1 Å². The van der Waals surface area contributed by atoms with E-state index in [0.717, 1.165) is 24.2 Å². The van der Waals surface area contributed by atoms with Gasteiger partial charge in [-0.3, -0.25) is 0 Å². The molecule has 1 atom stereocenters. The highest BCUT2D eigenvalue weighted by atomic mass is 19.1. The lowest BCUT2D eigenvalue weighted by Gasteiger charge is -2.14. The molecule has 2 N–H and O–H groups in total. The second-order valence-corrected chi connectivity index (χ2v) is 3.91. The van der Waals surface area contributed by atoms with E-state index in [-0.39, 0.29) is 5.82 Å². The number of hydrogen-bond acceptors (Lipinski definition) is 2. The quantitative estimate of drug-likeness (QED) is 0.775. The Morgan fingerprint density at radius 2 is 2.13 bits per heavy atom. The minimum Gasteiger partial charge on any atom is -0.318 e. The smallest absolute Gasteiger partial charge is 0.123 e. The van der Waals surface area contributed by atoms with E-state index in [4.69, 9.17) is 0 Å². The zero-order valence-corrected chi connectivity index (χ0v) is 9.60. The van der Waals surface area contributed by atoms with Gasteiger partial charge in [0.15, 0.2) is 0 Å². The maximum absolute atomic E-state index is 12.8. The molecule has 0 amide bonds. The van der Waals surface area contributed by atoms with Crippen LogP contribution in [0.1, 0.15) is 18.1 Å². The minimum atomic E-state index is -0.167. The lowest BCUT2D eigenvalue weighted by molar-refractivity contribution is 0.521. The van der Waals surface area contributed by atoms with Crippen LogP contribution in [0, 0.1) is 12.7 Å². The van der Waals surface area contributed by atoms with Crippen LogP contribution in [0.5, 0.6) is 0 Å². The minimum absolute atomic E-state index is 0.167. The summed E-state index contributed by atoms with van der Waals surface area (Å²) < 4.78 is 12.8. The van der Waals surface area contributed by atoms with Gasteiger partial charge in [-0.25, -0.2) is 4.39 Å². The molecule has 84 valence electrons. The molecule has 1 rings (SSSR count). The van der Waals surface area contributed by atoms with Crippen molar-refractivity contribution in [2.24, 2.45) is 0 Å². The Bertz CT molecular complexity index is 312. The molecule has 15 heavy (non-hydrogen) atoms. The molecular weight excluding hydrogens is 191 g/mol. The number of likely N-dealkylation sites (N-methyl/N-ethyl adjacent to an activating group) is 1. The van der Waals surface area contributed by atoms with Crippen LogP contribution >= 0.6 is 0 Å². The summed E-state index contributed by atoms with van der Waals surface area (Å²) in [5, 5.41) is 6.48. The number of hydrogen-bond donors (Lipinski definition) is 2. The number of nitrogens with one attached hydrogen (secondary N) is 2. The van der Waals surface area contributed by atoms with Gasteiger partial charge < -0.3 is 10.6 Å². The molecule has 0 radical (unpaired) electrons. The Morgan fingerprint density at radius 1 is 1.40 bits per heavy atom. The highest BCUT2D eigenvalue weighted by Crippen LogP contribution is 2.09. The number of benzene rings is 1. The van der Waals surface area contributed by atoms with E-state index in [1.807, 2.05) is 20.0 Å². The molecule has 0 heterocycles. The molecule has 1 unspecified atom stereocenters. The Kier molecular flexibility index (Phi) is 4.72. The third-order valence-corrected chi connectivity index (χ3v) is 2.46. The van der Waals surface area contributed by atoms with Gasteiger partial charge >= 0.3 is 0 Å². The topological polar surface area (TPSA) is 24.1 Å². The standard InChI is InChI=1S/C12H19FN2/c1-9-6-12(13)5-4-11(9)8-15-10(2)7-14-3/h4-6,10,14-15H,7-8H2,1-3H3. The number of rotatable bonds is 5. The molecule has 0 saturated carbocycles. The van der Waals surface area contributed by atoms with E-state index in [0.29, 0.717) is 6.04 Å². The van der Waals surface area contributed by atoms with Crippen molar-refractivity contribution in [1.29, 1.82) is 0 Å². The highest BCUT2D eigenvalue weighted by molar-refractivity contribution is 5.26. The van der Waals surface area contributed by atoms with Crippen molar-refractivity contribution in [3.63, 3.8) is 0 Å². The fourth-order valence-electron chi connectivity index (χ4n) is 1.52. The monoisotopic (exact) mass is 210 g/mol. The third kappa shape index (κ3) is 3.98. The first-order valence-corrected chi connectivity index (χ1v) is 5.26. The normalized spacial score (nSPS) is 12.8. The number of aryl methyl sites for hydroxylation is 1. The van der Waals surface area contributed by atoms with Gasteiger partial charge in [0.1, 0.15) is 5.82 Å². The van der Waals surface area contributed by atoms with Crippen molar-refractivity contribution in [3.05, 3.63) is 35.1 Å². The van der Waals surface area contributed by atoms with Crippen LogP contribution < -0.4 is 10.6 Å². The molecule has 0 spiro atoms. The zero-order chi connectivity index (χ0) is 11.3. The van der Waals surface area contributed by atoms with Crippen LogP contribution in [0.15, 0.2) is 18.2 Å². The molecule has 1 aromatic rings. The fourth-order valence-corrected chi connectivity index (χ4v) is 1.52. The highest BCUT2D eigenvalue weighted by Gasteiger charge is 2.02. The van der Waals surface area contributed by atoms with Crippen molar-refractivity contribution >= 4 is 0 Å². The van der Waals surface area contributed by atoms with Gasteiger partial charge in [-0.05, 0) is 44.2 Å². The van der Waals surface area contributed by atoms with Gasteiger partial charge in [-0.2, -0.15) is 0 Å².